The van der Waals surface area contributed by atoms with Gasteiger partial charge < -0.3 is 5.11 Å². The van der Waals surface area contributed by atoms with Crippen LogP contribution in [0.2, 0.25) is 0 Å². The standard InChI is InChI=1S/C19H19BrN4O2/c1-2-24-18-14(10-22-24)15(12-7-13(20)9-21-8-12)16(19(25)26)17(23-18)11-5-3-4-6-11/h7-11H,2-6H2,1H3,(H,25,26). The third-order valence-electron chi connectivity index (χ3n) is 5.06. The van der Waals surface area contributed by atoms with E-state index in [2.05, 4.69) is 26.0 Å². The molecule has 0 saturated heterocycles. The van der Waals surface area contributed by atoms with E-state index in [0.717, 1.165) is 46.8 Å². The lowest BCUT2D eigenvalue weighted by Gasteiger charge is -2.17. The van der Waals surface area contributed by atoms with E-state index in [-0.39, 0.29) is 5.92 Å². The van der Waals surface area contributed by atoms with Gasteiger partial charge in [-0.2, -0.15) is 5.10 Å². The second-order valence-corrected chi connectivity index (χ2v) is 7.54. The highest BCUT2D eigenvalue weighted by molar-refractivity contribution is 9.10. The van der Waals surface area contributed by atoms with E-state index in [4.69, 9.17) is 4.98 Å². The zero-order valence-electron chi connectivity index (χ0n) is 14.4. The predicted molar refractivity (Wildman–Crippen MR) is 102 cm³/mol. The largest absolute Gasteiger partial charge is 0.478 e. The molecule has 1 aliphatic rings. The van der Waals surface area contributed by atoms with Gasteiger partial charge in [0, 0.05) is 45.8 Å². The number of aromatic nitrogens is 4. The van der Waals surface area contributed by atoms with Gasteiger partial charge in [-0.25, -0.2) is 14.5 Å². The average Bonchev–Trinajstić information content (AvgIpc) is 3.29. The van der Waals surface area contributed by atoms with Crippen LogP contribution in [0.15, 0.2) is 29.1 Å². The molecule has 3 heterocycles. The average molecular weight is 415 g/mol. The van der Waals surface area contributed by atoms with Crippen molar-refractivity contribution in [1.82, 2.24) is 19.7 Å². The zero-order valence-corrected chi connectivity index (χ0v) is 16.0. The summed E-state index contributed by atoms with van der Waals surface area (Å²) in [5.74, 6) is -0.759. The van der Waals surface area contributed by atoms with Gasteiger partial charge in [0.05, 0.1) is 17.5 Å². The van der Waals surface area contributed by atoms with Crippen molar-refractivity contribution in [3.63, 3.8) is 0 Å². The first-order chi connectivity index (χ1) is 12.6. The fraction of sp³-hybridized carbons (Fsp3) is 0.368. The molecule has 0 aliphatic heterocycles. The number of aryl methyl sites for hydroxylation is 1. The molecule has 1 aliphatic carbocycles. The van der Waals surface area contributed by atoms with Crippen LogP contribution in [0, 0.1) is 0 Å². The Hall–Kier alpha value is -2.28. The summed E-state index contributed by atoms with van der Waals surface area (Å²) < 4.78 is 2.63. The normalized spacial score (nSPS) is 15.0. The van der Waals surface area contributed by atoms with Crippen LogP contribution in [0.5, 0.6) is 0 Å². The van der Waals surface area contributed by atoms with Gasteiger partial charge in [-0.1, -0.05) is 12.8 Å². The number of carboxylic acids is 1. The molecule has 0 atom stereocenters. The van der Waals surface area contributed by atoms with Crippen LogP contribution in [0.3, 0.4) is 0 Å². The number of nitrogens with zero attached hydrogens (tertiary/aromatic N) is 4. The molecule has 1 N–H and O–H groups in total. The van der Waals surface area contributed by atoms with Gasteiger partial charge in [0.2, 0.25) is 0 Å². The molecule has 0 spiro atoms. The van der Waals surface area contributed by atoms with E-state index >= 15 is 0 Å². The Morgan fingerprint density at radius 1 is 1.31 bits per heavy atom. The summed E-state index contributed by atoms with van der Waals surface area (Å²) >= 11 is 3.44. The minimum absolute atomic E-state index is 0.185. The molecular formula is C19H19BrN4O2. The highest BCUT2D eigenvalue weighted by Crippen LogP contribution is 2.41. The third-order valence-corrected chi connectivity index (χ3v) is 5.50. The molecule has 6 nitrogen and oxygen atoms in total. The summed E-state index contributed by atoms with van der Waals surface area (Å²) in [4.78, 5) is 21.3. The molecule has 3 aromatic rings. The molecule has 0 bridgehead atoms. The monoisotopic (exact) mass is 414 g/mol. The van der Waals surface area contributed by atoms with Gasteiger partial charge in [-0.05, 0) is 41.8 Å². The zero-order chi connectivity index (χ0) is 18.3. The van der Waals surface area contributed by atoms with Gasteiger partial charge in [0.15, 0.2) is 5.65 Å². The predicted octanol–water partition coefficient (Wildman–Crippen LogP) is 4.63. The second kappa shape index (κ2) is 6.79. The third kappa shape index (κ3) is 2.80. The fourth-order valence-electron chi connectivity index (χ4n) is 3.90. The molecule has 0 radical (unpaired) electrons. The molecule has 7 heteroatoms. The first-order valence-corrected chi connectivity index (χ1v) is 9.63. The van der Waals surface area contributed by atoms with E-state index in [9.17, 15) is 9.90 Å². The Morgan fingerprint density at radius 3 is 2.73 bits per heavy atom. The molecule has 0 amide bonds. The molecule has 4 rings (SSSR count). The van der Waals surface area contributed by atoms with Gasteiger partial charge >= 0.3 is 5.97 Å². The lowest BCUT2D eigenvalue weighted by Crippen LogP contribution is -2.12. The number of carbonyl (C=O) groups is 1. The van der Waals surface area contributed by atoms with Crippen molar-refractivity contribution in [2.75, 3.05) is 0 Å². The van der Waals surface area contributed by atoms with Crippen LogP contribution < -0.4 is 0 Å². The number of pyridine rings is 2. The van der Waals surface area contributed by atoms with E-state index in [1.165, 1.54) is 0 Å². The smallest absolute Gasteiger partial charge is 0.338 e. The van der Waals surface area contributed by atoms with E-state index < -0.39 is 5.97 Å². The van der Waals surface area contributed by atoms with Crippen LogP contribution in [-0.4, -0.2) is 30.8 Å². The fourth-order valence-corrected chi connectivity index (χ4v) is 4.26. The molecule has 134 valence electrons. The molecule has 3 aromatic heterocycles. The molecule has 1 saturated carbocycles. The molecule has 1 fully saturated rings. The van der Waals surface area contributed by atoms with Gasteiger partial charge in [-0.3, -0.25) is 4.98 Å². The highest BCUT2D eigenvalue weighted by atomic mass is 79.9. The quantitative estimate of drug-likeness (QED) is 0.672. The Labute approximate surface area is 159 Å². The lowest BCUT2D eigenvalue weighted by atomic mass is 9.91. The highest BCUT2D eigenvalue weighted by Gasteiger charge is 2.30. The second-order valence-electron chi connectivity index (χ2n) is 6.62. The van der Waals surface area contributed by atoms with Crippen LogP contribution in [0.25, 0.3) is 22.2 Å². The Balaban J connectivity index is 2.10. The Morgan fingerprint density at radius 2 is 2.08 bits per heavy atom. The van der Waals surface area contributed by atoms with Crippen molar-refractivity contribution >= 4 is 32.9 Å². The molecule has 0 aromatic carbocycles. The number of hydrogen-bond donors (Lipinski definition) is 1. The number of hydrogen-bond acceptors (Lipinski definition) is 4. The number of carboxylic acid groups (broad SMARTS) is 1. The van der Waals surface area contributed by atoms with Crippen LogP contribution >= 0.6 is 15.9 Å². The van der Waals surface area contributed by atoms with E-state index in [1.54, 1.807) is 18.6 Å². The topological polar surface area (TPSA) is 80.9 Å². The van der Waals surface area contributed by atoms with Crippen molar-refractivity contribution in [3.8, 4) is 11.1 Å². The number of rotatable bonds is 4. The first kappa shape index (κ1) is 17.1. The maximum atomic E-state index is 12.3. The van der Waals surface area contributed by atoms with Crippen molar-refractivity contribution in [3.05, 3.63) is 40.4 Å². The van der Waals surface area contributed by atoms with Gasteiger partial charge in [-0.15, -0.1) is 0 Å². The summed E-state index contributed by atoms with van der Waals surface area (Å²) in [7, 11) is 0. The van der Waals surface area contributed by atoms with Gasteiger partial charge in [0.25, 0.3) is 0 Å². The molecule has 26 heavy (non-hydrogen) atoms. The van der Waals surface area contributed by atoms with Gasteiger partial charge in [0.1, 0.15) is 0 Å². The number of aromatic carboxylic acids is 1. The van der Waals surface area contributed by atoms with Crippen LogP contribution in [0.4, 0.5) is 0 Å². The summed E-state index contributed by atoms with van der Waals surface area (Å²) in [6.07, 6.45) is 9.30. The summed E-state index contributed by atoms with van der Waals surface area (Å²) in [6, 6.07) is 1.90. The lowest BCUT2D eigenvalue weighted by molar-refractivity contribution is 0.0695. The van der Waals surface area contributed by atoms with Crippen LogP contribution in [0.1, 0.15) is 54.6 Å². The number of fused-ring (bicyclic) bond motifs is 1. The summed E-state index contributed by atoms with van der Waals surface area (Å²) in [5, 5.41) is 15.2. The summed E-state index contributed by atoms with van der Waals surface area (Å²) in [5.41, 5.74) is 3.15. The number of halogens is 1. The summed E-state index contributed by atoms with van der Waals surface area (Å²) in [6.45, 7) is 2.69. The van der Waals surface area contributed by atoms with Crippen molar-refractivity contribution < 1.29 is 9.90 Å². The minimum atomic E-state index is -0.944. The minimum Gasteiger partial charge on any atom is -0.478 e. The SMILES string of the molecule is CCn1ncc2c(-c3cncc(Br)c3)c(C(=O)O)c(C3CCCC3)nc21. The Bertz CT molecular complexity index is 993. The van der Waals surface area contributed by atoms with Crippen LogP contribution in [-0.2, 0) is 6.54 Å². The first-order valence-electron chi connectivity index (χ1n) is 8.83. The van der Waals surface area contributed by atoms with Crippen molar-refractivity contribution in [1.29, 1.82) is 0 Å². The van der Waals surface area contributed by atoms with Crippen molar-refractivity contribution in [2.24, 2.45) is 0 Å². The maximum absolute atomic E-state index is 12.3. The van der Waals surface area contributed by atoms with E-state index in [0.29, 0.717) is 23.4 Å². The maximum Gasteiger partial charge on any atom is 0.338 e. The van der Waals surface area contributed by atoms with Crippen molar-refractivity contribution in [2.45, 2.75) is 45.1 Å². The molecule has 0 unspecified atom stereocenters. The molecular weight excluding hydrogens is 396 g/mol. The van der Waals surface area contributed by atoms with E-state index in [1.807, 2.05) is 17.7 Å². The Kier molecular flexibility index (Phi) is 4.48.